The maximum Gasteiger partial charge on any atom is 0.274 e. The number of amides is 1. The van der Waals surface area contributed by atoms with Gasteiger partial charge in [-0.05, 0) is 42.0 Å². The van der Waals surface area contributed by atoms with E-state index >= 15 is 0 Å². The number of fused-ring (bicyclic) bond motifs is 1. The lowest BCUT2D eigenvalue weighted by Crippen LogP contribution is -2.13. The van der Waals surface area contributed by atoms with Crippen LogP contribution in [0.3, 0.4) is 0 Å². The molecule has 0 aliphatic carbocycles. The average Bonchev–Trinajstić information content (AvgIpc) is 2.68. The zero-order chi connectivity index (χ0) is 18.5. The normalized spacial score (nSPS) is 11.2. The molecular weight excluding hydrogens is 346 g/mol. The van der Waals surface area contributed by atoms with Crippen molar-refractivity contribution in [1.29, 1.82) is 5.26 Å². The molecule has 26 heavy (non-hydrogen) atoms. The third-order valence-corrected chi connectivity index (χ3v) is 4.19. The molecule has 7 heteroatoms. The summed E-state index contributed by atoms with van der Waals surface area (Å²) in [5, 5.41) is 14.0. The molecule has 6 nitrogen and oxygen atoms in total. The van der Waals surface area contributed by atoms with Gasteiger partial charge in [-0.3, -0.25) is 4.79 Å². The Balaban J connectivity index is 1.91. The van der Waals surface area contributed by atoms with Crippen LogP contribution in [-0.4, -0.2) is 22.3 Å². The fraction of sp³-hybridized carbons (Fsp3) is 0.0526. The third kappa shape index (κ3) is 3.82. The number of pyridine rings is 1. The van der Waals surface area contributed by atoms with Gasteiger partial charge in [-0.2, -0.15) is 5.26 Å². The van der Waals surface area contributed by atoms with Crippen LogP contribution < -0.4 is 11.1 Å². The van der Waals surface area contributed by atoms with Gasteiger partial charge >= 0.3 is 0 Å². The molecule has 2 aromatic carbocycles. The van der Waals surface area contributed by atoms with E-state index in [1.165, 1.54) is 24.0 Å². The van der Waals surface area contributed by atoms with Crippen molar-refractivity contribution < 1.29 is 4.79 Å². The van der Waals surface area contributed by atoms with Gasteiger partial charge in [-0.25, -0.2) is 9.98 Å². The van der Waals surface area contributed by atoms with E-state index in [4.69, 9.17) is 11.0 Å². The molecule has 0 saturated heterocycles. The zero-order valence-electron chi connectivity index (χ0n) is 13.9. The fourth-order valence-corrected chi connectivity index (χ4v) is 2.57. The molecule has 0 fully saturated rings. The predicted molar refractivity (Wildman–Crippen MR) is 106 cm³/mol. The summed E-state index contributed by atoms with van der Waals surface area (Å²) in [5.41, 5.74) is 7.83. The number of benzene rings is 2. The highest BCUT2D eigenvalue weighted by Crippen LogP contribution is 2.29. The Hall–Kier alpha value is -3.37. The van der Waals surface area contributed by atoms with E-state index in [9.17, 15) is 4.79 Å². The molecular formula is C19H15N5OS. The number of hydrogen-bond acceptors (Lipinski definition) is 5. The lowest BCUT2D eigenvalue weighted by molar-refractivity contribution is 0.102. The molecule has 3 rings (SSSR count). The minimum Gasteiger partial charge on any atom is -0.378 e. The number of nitrogens with one attached hydrogen (secondary N) is 1. The van der Waals surface area contributed by atoms with E-state index < -0.39 is 0 Å². The summed E-state index contributed by atoms with van der Waals surface area (Å²) >= 11 is 1.37. The minimum absolute atomic E-state index is 0.238. The number of rotatable bonds is 3. The molecule has 0 aliphatic heterocycles. The smallest absolute Gasteiger partial charge is 0.274 e. The van der Waals surface area contributed by atoms with Crippen LogP contribution in [0.1, 0.15) is 16.1 Å². The average molecular weight is 361 g/mol. The summed E-state index contributed by atoms with van der Waals surface area (Å²) < 4.78 is 0. The Kier molecular flexibility index (Phi) is 5.15. The summed E-state index contributed by atoms with van der Waals surface area (Å²) in [6, 6.07) is 16.4. The van der Waals surface area contributed by atoms with Gasteiger partial charge < -0.3 is 11.1 Å². The van der Waals surface area contributed by atoms with E-state index in [0.717, 1.165) is 16.5 Å². The van der Waals surface area contributed by atoms with Crippen molar-refractivity contribution in [2.24, 2.45) is 10.7 Å². The highest BCUT2D eigenvalue weighted by molar-refractivity contribution is 8.13. The predicted octanol–water partition coefficient (Wildman–Crippen LogP) is 3.67. The van der Waals surface area contributed by atoms with Gasteiger partial charge in [-0.15, -0.1) is 0 Å². The van der Waals surface area contributed by atoms with Crippen molar-refractivity contribution in [3.8, 4) is 6.07 Å². The van der Waals surface area contributed by atoms with Crippen molar-refractivity contribution >= 4 is 45.0 Å². The molecule has 0 atom stereocenters. The molecule has 0 radical (unpaired) electrons. The SMILES string of the molecule is CSC(N)=Nc1cccc2ccc(NC(=O)c3ccc(C#N)cn3)cc12. The van der Waals surface area contributed by atoms with Crippen molar-refractivity contribution in [2.75, 3.05) is 11.6 Å². The quantitative estimate of drug-likeness (QED) is 0.547. The third-order valence-electron chi connectivity index (χ3n) is 3.68. The van der Waals surface area contributed by atoms with Crippen LogP contribution >= 0.6 is 11.8 Å². The maximum atomic E-state index is 12.4. The van der Waals surface area contributed by atoms with Crippen LogP contribution in [0.2, 0.25) is 0 Å². The first-order valence-corrected chi connectivity index (χ1v) is 8.91. The second kappa shape index (κ2) is 7.68. The number of aliphatic imine (C=N–C) groups is 1. The topological polar surface area (TPSA) is 104 Å². The molecule has 1 heterocycles. The first-order valence-electron chi connectivity index (χ1n) is 7.69. The Morgan fingerprint density at radius 2 is 2.12 bits per heavy atom. The lowest BCUT2D eigenvalue weighted by atomic mass is 10.1. The Morgan fingerprint density at radius 3 is 2.81 bits per heavy atom. The first-order chi connectivity index (χ1) is 12.6. The van der Waals surface area contributed by atoms with Crippen LogP contribution in [0.5, 0.6) is 0 Å². The minimum atomic E-state index is -0.349. The number of anilines is 1. The largest absolute Gasteiger partial charge is 0.378 e. The fourth-order valence-electron chi connectivity index (χ4n) is 2.39. The summed E-state index contributed by atoms with van der Waals surface area (Å²) in [6.07, 6.45) is 3.23. The monoisotopic (exact) mass is 361 g/mol. The van der Waals surface area contributed by atoms with E-state index in [1.807, 2.05) is 48.7 Å². The van der Waals surface area contributed by atoms with Gasteiger partial charge in [0.1, 0.15) is 11.8 Å². The number of nitrogens with two attached hydrogens (primary N) is 1. The van der Waals surface area contributed by atoms with E-state index in [2.05, 4.69) is 15.3 Å². The second-order valence-electron chi connectivity index (χ2n) is 5.37. The number of aromatic nitrogens is 1. The van der Waals surface area contributed by atoms with Crippen LogP contribution in [-0.2, 0) is 0 Å². The van der Waals surface area contributed by atoms with E-state index in [-0.39, 0.29) is 11.6 Å². The van der Waals surface area contributed by atoms with Crippen molar-refractivity contribution in [1.82, 2.24) is 4.98 Å². The van der Waals surface area contributed by atoms with Crippen LogP contribution in [0.15, 0.2) is 59.7 Å². The highest BCUT2D eigenvalue weighted by Gasteiger charge is 2.09. The molecule has 128 valence electrons. The second-order valence-corrected chi connectivity index (χ2v) is 6.19. The van der Waals surface area contributed by atoms with Crippen LogP contribution in [0.4, 0.5) is 11.4 Å². The summed E-state index contributed by atoms with van der Waals surface area (Å²) in [5.74, 6) is -0.349. The van der Waals surface area contributed by atoms with Gasteiger partial charge in [0.2, 0.25) is 0 Å². The van der Waals surface area contributed by atoms with Gasteiger partial charge in [0.25, 0.3) is 5.91 Å². The van der Waals surface area contributed by atoms with Gasteiger partial charge in [0.05, 0.1) is 11.3 Å². The van der Waals surface area contributed by atoms with Gasteiger partial charge in [0.15, 0.2) is 5.17 Å². The Morgan fingerprint density at radius 1 is 1.27 bits per heavy atom. The molecule has 1 aromatic heterocycles. The van der Waals surface area contributed by atoms with E-state index in [0.29, 0.717) is 16.4 Å². The number of carbonyl (C=O) groups excluding carboxylic acids is 1. The van der Waals surface area contributed by atoms with E-state index in [1.54, 1.807) is 6.07 Å². The number of nitriles is 1. The lowest BCUT2D eigenvalue weighted by Gasteiger charge is -2.08. The molecule has 0 spiro atoms. The molecule has 3 N–H and O–H groups in total. The highest BCUT2D eigenvalue weighted by atomic mass is 32.2. The molecule has 0 aliphatic rings. The summed E-state index contributed by atoms with van der Waals surface area (Å²) in [6.45, 7) is 0. The van der Waals surface area contributed by atoms with Crippen LogP contribution in [0, 0.1) is 11.3 Å². The van der Waals surface area contributed by atoms with Gasteiger partial charge in [0, 0.05) is 17.3 Å². The molecule has 3 aromatic rings. The molecule has 0 bridgehead atoms. The van der Waals surface area contributed by atoms with Crippen molar-refractivity contribution in [3.05, 3.63) is 66.0 Å². The van der Waals surface area contributed by atoms with Gasteiger partial charge in [-0.1, -0.05) is 30.0 Å². The Bertz CT molecular complexity index is 1040. The zero-order valence-corrected chi connectivity index (χ0v) is 14.7. The number of amidine groups is 1. The number of thioether (sulfide) groups is 1. The molecule has 0 saturated carbocycles. The number of nitrogens with zero attached hydrogens (tertiary/aromatic N) is 3. The standard InChI is InChI=1S/C19H15N5OS/c1-26-19(21)24-16-4-2-3-13-6-7-14(9-15(13)16)23-18(25)17-8-5-12(10-20)11-22-17/h2-9,11H,1H3,(H2,21,24)(H,23,25). The Labute approximate surface area is 154 Å². The molecule has 1 amide bonds. The van der Waals surface area contributed by atoms with Crippen LogP contribution in [0.25, 0.3) is 10.8 Å². The van der Waals surface area contributed by atoms with Crippen molar-refractivity contribution in [2.45, 2.75) is 0 Å². The summed E-state index contributed by atoms with van der Waals surface area (Å²) in [7, 11) is 0. The summed E-state index contributed by atoms with van der Waals surface area (Å²) in [4.78, 5) is 20.8. The molecule has 0 unspecified atom stereocenters. The number of hydrogen-bond donors (Lipinski definition) is 2. The maximum absolute atomic E-state index is 12.4. The first kappa shape index (κ1) is 17.5. The van der Waals surface area contributed by atoms with Crippen molar-refractivity contribution in [3.63, 3.8) is 0 Å². The number of carbonyl (C=O) groups is 1.